The molecule has 2 aromatic carbocycles. The Bertz CT molecular complexity index is 886. The minimum Gasteiger partial charge on any atom is -0.492 e. The summed E-state index contributed by atoms with van der Waals surface area (Å²) in [7, 11) is 0. The number of hydrogen-bond acceptors (Lipinski definition) is 4. The summed E-state index contributed by atoms with van der Waals surface area (Å²) in [5, 5.41) is 4.65. The maximum absolute atomic E-state index is 12.6. The number of rotatable bonds is 7. The number of ether oxygens (including phenoxy) is 1. The average Bonchev–Trinajstić information content (AvgIpc) is 3.20. The zero-order valence-electron chi connectivity index (χ0n) is 14.4. The molecule has 3 rings (SSSR count). The molecule has 26 heavy (non-hydrogen) atoms. The third-order valence-electron chi connectivity index (χ3n) is 3.84. The van der Waals surface area contributed by atoms with Crippen molar-refractivity contribution in [1.29, 1.82) is 0 Å². The summed E-state index contributed by atoms with van der Waals surface area (Å²) in [5.41, 5.74) is 1.95. The van der Waals surface area contributed by atoms with E-state index in [1.165, 1.54) is 11.3 Å². The first-order valence-corrected chi connectivity index (χ1v) is 9.18. The zero-order chi connectivity index (χ0) is 18.4. The van der Waals surface area contributed by atoms with Gasteiger partial charge in [-0.1, -0.05) is 42.0 Å². The van der Waals surface area contributed by atoms with Gasteiger partial charge >= 0.3 is 0 Å². The van der Waals surface area contributed by atoms with Gasteiger partial charge in [-0.15, -0.1) is 11.3 Å². The van der Waals surface area contributed by atoms with E-state index in [0.717, 1.165) is 11.3 Å². The fraction of sp³-hybridized carbons (Fsp3) is 0.143. The quantitative estimate of drug-likeness (QED) is 0.507. The second-order valence-corrected chi connectivity index (χ2v) is 6.72. The molecule has 0 atom stereocenters. The monoisotopic (exact) mass is 365 g/mol. The van der Waals surface area contributed by atoms with E-state index >= 15 is 0 Å². The maximum atomic E-state index is 12.6. The first-order chi connectivity index (χ1) is 12.6. The van der Waals surface area contributed by atoms with Crippen LogP contribution in [0, 0.1) is 6.92 Å². The van der Waals surface area contributed by atoms with Crippen LogP contribution in [0.15, 0.2) is 66.0 Å². The van der Waals surface area contributed by atoms with Crippen molar-refractivity contribution < 1.29 is 14.3 Å². The molecular formula is C21H19NO3S. The van der Waals surface area contributed by atoms with Crippen molar-refractivity contribution in [2.75, 3.05) is 13.2 Å². The average molecular weight is 365 g/mol. The Morgan fingerprint density at radius 3 is 2.38 bits per heavy atom. The molecule has 1 amide bonds. The summed E-state index contributed by atoms with van der Waals surface area (Å²) < 4.78 is 5.60. The molecule has 0 aliphatic carbocycles. The van der Waals surface area contributed by atoms with E-state index in [9.17, 15) is 9.59 Å². The number of ketones is 1. The van der Waals surface area contributed by atoms with Crippen molar-refractivity contribution in [3.63, 3.8) is 0 Å². The highest BCUT2D eigenvalue weighted by molar-refractivity contribution is 7.12. The number of carbonyl (C=O) groups is 2. The van der Waals surface area contributed by atoms with Gasteiger partial charge in [0.15, 0.2) is 0 Å². The van der Waals surface area contributed by atoms with Gasteiger partial charge < -0.3 is 10.1 Å². The van der Waals surface area contributed by atoms with Crippen molar-refractivity contribution in [2.24, 2.45) is 0 Å². The van der Waals surface area contributed by atoms with Crippen LogP contribution in [0.3, 0.4) is 0 Å². The number of benzene rings is 2. The number of amides is 1. The van der Waals surface area contributed by atoms with Crippen LogP contribution >= 0.6 is 11.3 Å². The van der Waals surface area contributed by atoms with E-state index in [2.05, 4.69) is 5.32 Å². The van der Waals surface area contributed by atoms with Gasteiger partial charge in [0.1, 0.15) is 12.4 Å². The summed E-state index contributed by atoms with van der Waals surface area (Å²) >= 11 is 1.37. The highest BCUT2D eigenvalue weighted by atomic mass is 32.1. The first-order valence-electron chi connectivity index (χ1n) is 8.30. The molecule has 0 saturated carbocycles. The van der Waals surface area contributed by atoms with E-state index in [4.69, 9.17) is 4.74 Å². The van der Waals surface area contributed by atoms with Crippen LogP contribution in [-0.2, 0) is 0 Å². The Balaban J connectivity index is 1.59. The van der Waals surface area contributed by atoms with Crippen LogP contribution in [0.1, 0.15) is 31.2 Å². The summed E-state index contributed by atoms with van der Waals surface area (Å²) in [6, 6.07) is 18.2. The number of aryl methyl sites for hydroxylation is 1. The predicted molar refractivity (Wildman–Crippen MR) is 103 cm³/mol. The van der Waals surface area contributed by atoms with Crippen LogP contribution < -0.4 is 10.1 Å². The molecule has 1 N–H and O–H groups in total. The first kappa shape index (κ1) is 17.9. The van der Waals surface area contributed by atoms with E-state index in [-0.39, 0.29) is 11.7 Å². The normalized spacial score (nSPS) is 10.3. The van der Waals surface area contributed by atoms with Crippen LogP contribution in [0.25, 0.3) is 0 Å². The predicted octanol–water partition coefficient (Wildman–Crippen LogP) is 4.10. The van der Waals surface area contributed by atoms with Gasteiger partial charge in [-0.05, 0) is 36.6 Å². The number of thiophene rings is 1. The largest absolute Gasteiger partial charge is 0.492 e. The standard InChI is InChI=1S/C21H19NO3S/c1-15-8-10-16(11-9-15)25-13-12-22-21(24)18-6-3-2-5-17(18)20(23)19-7-4-14-26-19/h2-11,14H,12-13H2,1H3,(H,22,24). The van der Waals surface area contributed by atoms with Gasteiger partial charge in [0.05, 0.1) is 17.0 Å². The van der Waals surface area contributed by atoms with Gasteiger partial charge in [-0.3, -0.25) is 9.59 Å². The van der Waals surface area contributed by atoms with Crippen molar-refractivity contribution in [1.82, 2.24) is 5.32 Å². The van der Waals surface area contributed by atoms with Crippen LogP contribution in [-0.4, -0.2) is 24.8 Å². The van der Waals surface area contributed by atoms with Gasteiger partial charge in [-0.25, -0.2) is 0 Å². The Morgan fingerprint density at radius 2 is 1.69 bits per heavy atom. The molecule has 0 aliphatic heterocycles. The third kappa shape index (κ3) is 4.37. The molecule has 0 bridgehead atoms. The molecule has 0 radical (unpaired) electrons. The Morgan fingerprint density at radius 1 is 0.962 bits per heavy atom. The summed E-state index contributed by atoms with van der Waals surface area (Å²) in [5.74, 6) is 0.345. The minimum atomic E-state index is -0.280. The number of nitrogens with one attached hydrogen (secondary N) is 1. The Hall–Kier alpha value is -2.92. The molecule has 4 nitrogen and oxygen atoms in total. The fourth-order valence-electron chi connectivity index (χ4n) is 2.48. The lowest BCUT2D eigenvalue weighted by molar-refractivity contribution is 0.0936. The minimum absolute atomic E-state index is 0.137. The Labute approximate surface area is 156 Å². The van der Waals surface area contributed by atoms with E-state index in [1.54, 1.807) is 30.3 Å². The van der Waals surface area contributed by atoms with Crippen molar-refractivity contribution in [3.05, 3.63) is 87.6 Å². The molecular weight excluding hydrogens is 346 g/mol. The van der Waals surface area contributed by atoms with Gasteiger partial charge in [0.2, 0.25) is 5.78 Å². The molecule has 1 heterocycles. The number of carbonyl (C=O) groups excluding carboxylic acids is 2. The SMILES string of the molecule is Cc1ccc(OCCNC(=O)c2ccccc2C(=O)c2cccs2)cc1. The van der Waals surface area contributed by atoms with Crippen molar-refractivity contribution in [3.8, 4) is 5.75 Å². The second-order valence-electron chi connectivity index (χ2n) is 5.77. The number of hydrogen-bond donors (Lipinski definition) is 1. The Kier molecular flexibility index (Phi) is 5.81. The van der Waals surface area contributed by atoms with E-state index in [0.29, 0.717) is 29.2 Å². The maximum Gasteiger partial charge on any atom is 0.252 e. The van der Waals surface area contributed by atoms with E-state index in [1.807, 2.05) is 42.6 Å². The molecule has 0 saturated heterocycles. The third-order valence-corrected chi connectivity index (χ3v) is 4.71. The lowest BCUT2D eigenvalue weighted by Gasteiger charge is -2.10. The molecule has 0 spiro atoms. The lowest BCUT2D eigenvalue weighted by Crippen LogP contribution is -2.29. The van der Waals surface area contributed by atoms with E-state index < -0.39 is 0 Å². The molecule has 5 heteroatoms. The highest BCUT2D eigenvalue weighted by Crippen LogP contribution is 2.18. The second kappa shape index (κ2) is 8.45. The van der Waals surface area contributed by atoms with Crippen LogP contribution in [0.2, 0.25) is 0 Å². The molecule has 0 aliphatic rings. The van der Waals surface area contributed by atoms with Gasteiger partial charge in [0.25, 0.3) is 5.91 Å². The molecule has 0 fully saturated rings. The van der Waals surface area contributed by atoms with Crippen molar-refractivity contribution >= 4 is 23.0 Å². The highest BCUT2D eigenvalue weighted by Gasteiger charge is 2.18. The van der Waals surface area contributed by atoms with Gasteiger partial charge in [-0.2, -0.15) is 0 Å². The van der Waals surface area contributed by atoms with Crippen LogP contribution in [0.4, 0.5) is 0 Å². The molecule has 0 unspecified atom stereocenters. The summed E-state index contributed by atoms with van der Waals surface area (Å²) in [6.45, 7) is 2.73. The lowest BCUT2D eigenvalue weighted by atomic mass is 10.0. The zero-order valence-corrected chi connectivity index (χ0v) is 15.2. The van der Waals surface area contributed by atoms with Crippen molar-refractivity contribution in [2.45, 2.75) is 6.92 Å². The smallest absolute Gasteiger partial charge is 0.252 e. The summed E-state index contributed by atoms with van der Waals surface area (Å²) in [4.78, 5) is 25.7. The topological polar surface area (TPSA) is 55.4 Å². The molecule has 3 aromatic rings. The summed E-state index contributed by atoms with van der Waals surface area (Å²) in [6.07, 6.45) is 0. The molecule has 132 valence electrons. The van der Waals surface area contributed by atoms with Gasteiger partial charge in [0, 0.05) is 5.56 Å². The van der Waals surface area contributed by atoms with Crippen LogP contribution in [0.5, 0.6) is 5.75 Å². The fourth-order valence-corrected chi connectivity index (χ4v) is 3.16. The molecule has 1 aromatic heterocycles.